The van der Waals surface area contributed by atoms with Crippen LogP contribution in [0.2, 0.25) is 0 Å². The van der Waals surface area contributed by atoms with Crippen LogP contribution >= 0.6 is 0 Å². The van der Waals surface area contributed by atoms with Crippen LogP contribution in [0.3, 0.4) is 0 Å². The quantitative estimate of drug-likeness (QED) is 0.784. The highest BCUT2D eigenvalue weighted by molar-refractivity contribution is 5.34. The van der Waals surface area contributed by atoms with Gasteiger partial charge in [0, 0.05) is 12.6 Å². The Balaban J connectivity index is 2.54. The molecular formula is C10H15N5. The first-order valence-corrected chi connectivity index (χ1v) is 4.75. The number of nitriles is 1. The summed E-state index contributed by atoms with van der Waals surface area (Å²) in [5, 5.41) is 11.7. The van der Waals surface area contributed by atoms with Gasteiger partial charge < -0.3 is 10.2 Å². The van der Waals surface area contributed by atoms with Crippen molar-refractivity contribution in [3.8, 4) is 6.07 Å². The normalized spacial score (nSPS) is 12.2. The molecule has 0 spiro atoms. The van der Waals surface area contributed by atoms with Crippen LogP contribution in [0.25, 0.3) is 0 Å². The van der Waals surface area contributed by atoms with E-state index in [9.17, 15) is 0 Å². The van der Waals surface area contributed by atoms with Crippen LogP contribution in [0, 0.1) is 11.3 Å². The minimum Gasteiger partial charge on any atom is -0.365 e. The molecular weight excluding hydrogens is 190 g/mol. The molecule has 1 aromatic rings. The number of anilines is 1. The molecule has 0 fully saturated rings. The standard InChI is InChI=1S/C10H15N5/c1-8(7-15(2)3)14-10-6-12-9(4-11)5-13-10/h5-6,8H,7H2,1-3H3,(H,13,14). The molecule has 5 nitrogen and oxygen atoms in total. The van der Waals surface area contributed by atoms with Crippen molar-refractivity contribution >= 4 is 5.82 Å². The zero-order valence-corrected chi connectivity index (χ0v) is 9.23. The van der Waals surface area contributed by atoms with E-state index in [4.69, 9.17) is 5.26 Å². The van der Waals surface area contributed by atoms with Crippen molar-refractivity contribution in [3.63, 3.8) is 0 Å². The van der Waals surface area contributed by atoms with Gasteiger partial charge in [0.25, 0.3) is 0 Å². The smallest absolute Gasteiger partial charge is 0.158 e. The first-order chi connectivity index (χ1) is 7.11. The summed E-state index contributed by atoms with van der Waals surface area (Å²) >= 11 is 0. The van der Waals surface area contributed by atoms with Gasteiger partial charge in [0.2, 0.25) is 0 Å². The summed E-state index contributed by atoms with van der Waals surface area (Å²) in [7, 11) is 4.03. The summed E-state index contributed by atoms with van der Waals surface area (Å²) in [4.78, 5) is 10.1. The average molecular weight is 205 g/mol. The fourth-order valence-electron chi connectivity index (χ4n) is 1.31. The van der Waals surface area contributed by atoms with Crippen molar-refractivity contribution in [2.24, 2.45) is 0 Å². The van der Waals surface area contributed by atoms with Gasteiger partial charge in [-0.1, -0.05) is 0 Å². The number of hydrogen-bond donors (Lipinski definition) is 1. The Kier molecular flexibility index (Phi) is 4.01. The summed E-state index contributed by atoms with van der Waals surface area (Å²) in [5.74, 6) is 0.698. The molecule has 1 aromatic heterocycles. The van der Waals surface area contributed by atoms with Gasteiger partial charge in [-0.2, -0.15) is 5.26 Å². The zero-order valence-electron chi connectivity index (χ0n) is 9.23. The van der Waals surface area contributed by atoms with Crippen LogP contribution in [0.5, 0.6) is 0 Å². The summed E-state index contributed by atoms with van der Waals surface area (Å²) in [6, 6.07) is 2.22. The van der Waals surface area contributed by atoms with Crippen molar-refractivity contribution < 1.29 is 0 Å². The van der Waals surface area contributed by atoms with Crippen molar-refractivity contribution in [2.45, 2.75) is 13.0 Å². The van der Waals surface area contributed by atoms with E-state index in [0.29, 0.717) is 17.6 Å². The Morgan fingerprint density at radius 1 is 1.47 bits per heavy atom. The highest BCUT2D eigenvalue weighted by Gasteiger charge is 2.04. The van der Waals surface area contributed by atoms with Crippen LogP contribution in [0.1, 0.15) is 12.6 Å². The van der Waals surface area contributed by atoms with Crippen LogP contribution in [-0.2, 0) is 0 Å². The monoisotopic (exact) mass is 205 g/mol. The van der Waals surface area contributed by atoms with Crippen LogP contribution in [0.4, 0.5) is 5.82 Å². The summed E-state index contributed by atoms with van der Waals surface area (Å²) in [5.41, 5.74) is 0.334. The Morgan fingerprint density at radius 3 is 2.67 bits per heavy atom. The first-order valence-electron chi connectivity index (χ1n) is 4.75. The molecule has 0 aliphatic rings. The predicted molar refractivity (Wildman–Crippen MR) is 58.4 cm³/mol. The van der Waals surface area contributed by atoms with Crippen LogP contribution < -0.4 is 5.32 Å². The Morgan fingerprint density at radius 2 is 2.20 bits per heavy atom. The van der Waals surface area contributed by atoms with Gasteiger partial charge in [0.05, 0.1) is 12.4 Å². The number of aromatic nitrogens is 2. The summed E-state index contributed by atoms with van der Waals surface area (Å²) < 4.78 is 0. The molecule has 1 atom stereocenters. The van der Waals surface area contributed by atoms with Gasteiger partial charge in [-0.3, -0.25) is 0 Å². The topological polar surface area (TPSA) is 64.8 Å². The molecule has 0 radical (unpaired) electrons. The molecule has 0 aliphatic carbocycles. The van der Waals surface area contributed by atoms with Gasteiger partial charge >= 0.3 is 0 Å². The molecule has 80 valence electrons. The molecule has 0 bridgehead atoms. The maximum atomic E-state index is 8.55. The lowest BCUT2D eigenvalue weighted by Gasteiger charge is -2.18. The number of nitrogens with one attached hydrogen (secondary N) is 1. The molecule has 1 heterocycles. The predicted octanol–water partition coefficient (Wildman–Crippen LogP) is 0.710. The third-order valence-electron chi connectivity index (χ3n) is 1.80. The number of hydrogen-bond acceptors (Lipinski definition) is 5. The molecule has 1 N–H and O–H groups in total. The minimum absolute atomic E-state index is 0.294. The molecule has 5 heteroatoms. The van der Waals surface area contributed by atoms with Crippen molar-refractivity contribution in [1.29, 1.82) is 5.26 Å². The van der Waals surface area contributed by atoms with E-state index in [1.54, 1.807) is 6.20 Å². The van der Waals surface area contributed by atoms with Gasteiger partial charge in [-0.15, -0.1) is 0 Å². The van der Waals surface area contributed by atoms with Gasteiger partial charge in [0.15, 0.2) is 5.69 Å². The minimum atomic E-state index is 0.294. The molecule has 1 unspecified atom stereocenters. The van der Waals surface area contributed by atoms with Gasteiger partial charge in [-0.05, 0) is 21.0 Å². The molecule has 0 aromatic carbocycles. The Labute approximate surface area is 89.8 Å². The third kappa shape index (κ3) is 3.92. The lowest BCUT2D eigenvalue weighted by Crippen LogP contribution is -2.29. The highest BCUT2D eigenvalue weighted by atomic mass is 15.1. The highest BCUT2D eigenvalue weighted by Crippen LogP contribution is 2.02. The molecule has 0 saturated carbocycles. The lowest BCUT2D eigenvalue weighted by molar-refractivity contribution is 0.392. The third-order valence-corrected chi connectivity index (χ3v) is 1.80. The maximum absolute atomic E-state index is 8.55. The Hall–Kier alpha value is -1.67. The van der Waals surface area contributed by atoms with E-state index in [1.807, 2.05) is 20.2 Å². The Bertz CT molecular complexity index is 338. The lowest BCUT2D eigenvalue weighted by atomic mass is 10.3. The fraction of sp³-hybridized carbons (Fsp3) is 0.500. The number of nitrogens with zero attached hydrogens (tertiary/aromatic N) is 4. The second kappa shape index (κ2) is 5.27. The van der Waals surface area contributed by atoms with E-state index >= 15 is 0 Å². The maximum Gasteiger partial charge on any atom is 0.158 e. The van der Waals surface area contributed by atoms with E-state index in [1.165, 1.54) is 6.20 Å². The van der Waals surface area contributed by atoms with Crippen LogP contribution in [0.15, 0.2) is 12.4 Å². The molecule has 0 aliphatic heterocycles. The van der Waals surface area contributed by atoms with Gasteiger partial charge in [0.1, 0.15) is 11.9 Å². The van der Waals surface area contributed by atoms with Crippen molar-refractivity contribution in [3.05, 3.63) is 18.1 Å². The van der Waals surface area contributed by atoms with Crippen molar-refractivity contribution in [1.82, 2.24) is 14.9 Å². The summed E-state index contributed by atoms with van der Waals surface area (Å²) in [6.07, 6.45) is 3.04. The molecule has 15 heavy (non-hydrogen) atoms. The second-order valence-electron chi connectivity index (χ2n) is 3.71. The number of rotatable bonds is 4. The van der Waals surface area contributed by atoms with E-state index in [2.05, 4.69) is 27.1 Å². The molecule has 1 rings (SSSR count). The van der Waals surface area contributed by atoms with Gasteiger partial charge in [-0.25, -0.2) is 9.97 Å². The van der Waals surface area contributed by atoms with Crippen molar-refractivity contribution in [2.75, 3.05) is 26.0 Å². The zero-order chi connectivity index (χ0) is 11.3. The van der Waals surface area contributed by atoms with E-state index in [0.717, 1.165) is 6.54 Å². The summed E-state index contributed by atoms with van der Waals surface area (Å²) in [6.45, 7) is 2.99. The second-order valence-corrected chi connectivity index (χ2v) is 3.71. The van der Waals surface area contributed by atoms with E-state index < -0.39 is 0 Å². The number of likely N-dealkylation sites (N-methyl/N-ethyl adjacent to an activating group) is 1. The van der Waals surface area contributed by atoms with E-state index in [-0.39, 0.29) is 0 Å². The fourth-order valence-corrected chi connectivity index (χ4v) is 1.31. The largest absolute Gasteiger partial charge is 0.365 e. The average Bonchev–Trinajstić information content (AvgIpc) is 2.17. The van der Waals surface area contributed by atoms with Crippen LogP contribution in [-0.4, -0.2) is 41.5 Å². The first kappa shape index (κ1) is 11.4. The molecule has 0 saturated heterocycles. The molecule has 0 amide bonds. The SMILES string of the molecule is CC(CN(C)C)Nc1cnc(C#N)cn1.